The summed E-state index contributed by atoms with van der Waals surface area (Å²) in [6.07, 6.45) is -3.56. The van der Waals surface area contributed by atoms with E-state index in [4.69, 9.17) is 4.74 Å². The van der Waals surface area contributed by atoms with Crippen LogP contribution in [-0.4, -0.2) is 64.0 Å². The Kier molecular flexibility index (Phi) is 6.40. The number of quaternary nitrogens is 2. The molecule has 10 heteroatoms. The van der Waals surface area contributed by atoms with Crippen molar-refractivity contribution in [1.82, 2.24) is 10.6 Å². The molecule has 0 spiro atoms. The van der Waals surface area contributed by atoms with E-state index in [0.29, 0.717) is 0 Å². The molecule has 0 bridgehead atoms. The Bertz CT molecular complexity index is 719. The molecule has 7 nitrogen and oxygen atoms in total. The molecule has 2 aliphatic heterocycles. The fourth-order valence-electron chi connectivity index (χ4n) is 3.57. The number of ether oxygens (including phenoxy) is 1. The lowest BCUT2D eigenvalue weighted by Gasteiger charge is -2.29. The van der Waals surface area contributed by atoms with E-state index in [1.807, 2.05) is 11.4 Å². The predicted octanol–water partition coefficient (Wildman–Crippen LogP) is -1.71. The van der Waals surface area contributed by atoms with Crippen LogP contribution in [0.1, 0.15) is 11.1 Å². The highest BCUT2D eigenvalue weighted by Crippen LogP contribution is 2.25. The number of fused-ring (bicyclic) bond motifs is 1. The number of halogens is 3. The minimum atomic E-state index is -4.50. The van der Waals surface area contributed by atoms with Crippen LogP contribution in [0.25, 0.3) is 0 Å². The van der Waals surface area contributed by atoms with Crippen molar-refractivity contribution in [2.24, 2.45) is 0 Å². The molecule has 3 rings (SSSR count). The summed E-state index contributed by atoms with van der Waals surface area (Å²) >= 11 is 0. The highest BCUT2D eigenvalue weighted by atomic mass is 19.4. The topological polar surface area (TPSA) is 76.3 Å². The summed E-state index contributed by atoms with van der Waals surface area (Å²) in [4.78, 5) is 25.6. The van der Waals surface area contributed by atoms with Gasteiger partial charge in [0, 0.05) is 12.0 Å². The molecule has 28 heavy (non-hydrogen) atoms. The number of carbonyl (C=O) groups is 2. The number of rotatable bonds is 5. The predicted molar refractivity (Wildman–Crippen MR) is 93.2 cm³/mol. The molecule has 1 fully saturated rings. The molecule has 1 aromatic rings. The lowest BCUT2D eigenvalue weighted by atomic mass is 10.1. The van der Waals surface area contributed by atoms with Gasteiger partial charge < -0.3 is 19.9 Å². The molecule has 2 aliphatic rings. The Hall–Kier alpha value is -2.33. The van der Waals surface area contributed by atoms with Crippen LogP contribution < -0.4 is 25.2 Å². The van der Waals surface area contributed by atoms with E-state index < -0.39 is 24.7 Å². The molecular weight excluding hydrogens is 377 g/mol. The van der Waals surface area contributed by atoms with Crippen LogP contribution in [0.2, 0.25) is 0 Å². The highest BCUT2D eigenvalue weighted by Gasteiger charge is 2.29. The van der Waals surface area contributed by atoms with Crippen molar-refractivity contribution in [3.05, 3.63) is 29.3 Å². The number of hydrogen-bond donors (Lipinski definition) is 4. The minimum absolute atomic E-state index is 0.0723. The zero-order chi connectivity index (χ0) is 20.1. The van der Waals surface area contributed by atoms with Gasteiger partial charge in [-0.3, -0.25) is 10.1 Å². The number of amides is 3. The minimum Gasteiger partial charge on any atom is -0.493 e. The van der Waals surface area contributed by atoms with E-state index in [2.05, 4.69) is 12.1 Å². The summed E-state index contributed by atoms with van der Waals surface area (Å²) in [5.41, 5.74) is 2.52. The highest BCUT2D eigenvalue weighted by molar-refractivity contribution is 5.94. The fraction of sp³-hybridized carbons (Fsp3) is 0.556. The normalized spacial score (nSPS) is 21.5. The molecule has 1 aromatic carbocycles. The van der Waals surface area contributed by atoms with Gasteiger partial charge in [0.05, 0.1) is 6.61 Å². The van der Waals surface area contributed by atoms with Crippen LogP contribution in [0.5, 0.6) is 5.75 Å². The first-order valence-corrected chi connectivity index (χ1v) is 9.35. The molecule has 4 N–H and O–H groups in total. The van der Waals surface area contributed by atoms with Crippen LogP contribution in [0.4, 0.5) is 18.0 Å². The Labute approximate surface area is 160 Å². The number of nitrogens with one attached hydrogen (secondary N) is 4. The lowest BCUT2D eigenvalue weighted by Crippen LogP contribution is -3.28. The second-order valence-electron chi connectivity index (χ2n) is 7.24. The van der Waals surface area contributed by atoms with Crippen LogP contribution in [0.15, 0.2) is 18.2 Å². The van der Waals surface area contributed by atoms with Crippen LogP contribution in [0.3, 0.4) is 0 Å². The number of piperazine rings is 1. The van der Waals surface area contributed by atoms with Crippen molar-refractivity contribution in [1.29, 1.82) is 0 Å². The van der Waals surface area contributed by atoms with Crippen LogP contribution in [0, 0.1) is 0 Å². The number of alkyl halides is 3. The second-order valence-corrected chi connectivity index (χ2v) is 7.24. The van der Waals surface area contributed by atoms with Crippen molar-refractivity contribution in [3.63, 3.8) is 0 Å². The average molecular weight is 402 g/mol. The number of urea groups is 1. The summed E-state index contributed by atoms with van der Waals surface area (Å²) in [5.74, 6) is 0.398. The molecule has 0 aromatic heterocycles. The zero-order valence-electron chi connectivity index (χ0n) is 15.5. The third-order valence-electron chi connectivity index (χ3n) is 4.99. The number of hydrogen-bond acceptors (Lipinski definition) is 3. The zero-order valence-corrected chi connectivity index (χ0v) is 15.5. The molecule has 2 heterocycles. The Morgan fingerprint density at radius 1 is 1.11 bits per heavy atom. The van der Waals surface area contributed by atoms with Gasteiger partial charge in [-0.15, -0.1) is 0 Å². The molecule has 3 amide bonds. The third kappa shape index (κ3) is 6.10. The molecule has 0 aliphatic carbocycles. The van der Waals surface area contributed by atoms with Gasteiger partial charge in [0.25, 0.3) is 5.91 Å². The first kappa shape index (κ1) is 20.4. The third-order valence-corrected chi connectivity index (χ3v) is 4.99. The molecule has 0 saturated carbocycles. The van der Waals surface area contributed by atoms with E-state index in [9.17, 15) is 22.8 Å². The molecule has 0 atom stereocenters. The summed E-state index contributed by atoms with van der Waals surface area (Å²) in [6, 6.07) is 5.18. The van der Waals surface area contributed by atoms with Gasteiger partial charge in [0.15, 0.2) is 6.54 Å². The van der Waals surface area contributed by atoms with Gasteiger partial charge >= 0.3 is 12.2 Å². The summed E-state index contributed by atoms with van der Waals surface area (Å²) in [5, 5.41) is 3.57. The van der Waals surface area contributed by atoms with Crippen LogP contribution in [-0.2, 0) is 17.8 Å². The lowest BCUT2D eigenvalue weighted by molar-refractivity contribution is -1.02. The molecule has 0 radical (unpaired) electrons. The maximum absolute atomic E-state index is 12.0. The van der Waals surface area contributed by atoms with Gasteiger partial charge in [-0.1, -0.05) is 0 Å². The largest absolute Gasteiger partial charge is 0.493 e. The molecular formula is C18H25F3N4O3+2. The van der Waals surface area contributed by atoms with Gasteiger partial charge in [0.1, 0.15) is 45.0 Å². The van der Waals surface area contributed by atoms with E-state index in [1.165, 1.54) is 16.0 Å². The monoisotopic (exact) mass is 402 g/mol. The van der Waals surface area contributed by atoms with E-state index in [-0.39, 0.29) is 6.54 Å². The van der Waals surface area contributed by atoms with Crippen molar-refractivity contribution in [2.45, 2.75) is 19.1 Å². The second kappa shape index (κ2) is 8.78. The van der Waals surface area contributed by atoms with Crippen LogP contribution >= 0.6 is 0 Å². The van der Waals surface area contributed by atoms with Crippen molar-refractivity contribution < 1.29 is 37.3 Å². The Morgan fingerprint density at radius 2 is 1.82 bits per heavy atom. The number of imide groups is 1. The van der Waals surface area contributed by atoms with Crippen molar-refractivity contribution in [2.75, 3.05) is 45.9 Å². The first-order valence-electron chi connectivity index (χ1n) is 9.35. The van der Waals surface area contributed by atoms with Gasteiger partial charge in [0.2, 0.25) is 0 Å². The fourth-order valence-corrected chi connectivity index (χ4v) is 3.57. The van der Waals surface area contributed by atoms with Gasteiger partial charge in [-0.05, 0) is 23.8 Å². The number of benzene rings is 1. The van der Waals surface area contributed by atoms with Crippen molar-refractivity contribution >= 4 is 11.9 Å². The smallest absolute Gasteiger partial charge is 0.405 e. The molecule has 154 valence electrons. The maximum Gasteiger partial charge on any atom is 0.405 e. The number of carbonyl (C=O) groups excluding carboxylic acids is 2. The first-order chi connectivity index (χ1) is 13.3. The van der Waals surface area contributed by atoms with Gasteiger partial charge in [-0.2, -0.15) is 13.2 Å². The standard InChI is InChI=1S/C18H23F3N4O3/c19-18(20,21)12-22-17(27)23-16(26)11-25-6-4-24(5-7-25)10-13-1-2-15-14(9-13)3-8-28-15/h1-2,9H,3-8,10-12H2,(H2,22,23,26,27)/p+2. The molecule has 0 unspecified atom stereocenters. The Balaban J connectivity index is 1.37. The summed E-state index contributed by atoms with van der Waals surface area (Å²) < 4.78 is 41.7. The summed E-state index contributed by atoms with van der Waals surface area (Å²) in [6.45, 7) is 3.56. The van der Waals surface area contributed by atoms with Gasteiger partial charge in [-0.25, -0.2) is 4.79 Å². The van der Waals surface area contributed by atoms with E-state index in [1.54, 1.807) is 5.32 Å². The van der Waals surface area contributed by atoms with E-state index >= 15 is 0 Å². The van der Waals surface area contributed by atoms with E-state index in [0.717, 1.165) is 56.4 Å². The Morgan fingerprint density at radius 3 is 2.54 bits per heavy atom. The van der Waals surface area contributed by atoms with Crippen molar-refractivity contribution in [3.8, 4) is 5.75 Å². The SMILES string of the molecule is O=C(C[NH+]1CC[NH+](Cc2ccc3c(c2)CCO3)CC1)NC(=O)NCC(F)(F)F. The average Bonchev–Trinajstić information content (AvgIpc) is 3.09. The summed E-state index contributed by atoms with van der Waals surface area (Å²) in [7, 11) is 0. The quantitative estimate of drug-likeness (QED) is 0.474. The maximum atomic E-state index is 12.0. The molecule has 1 saturated heterocycles.